The summed E-state index contributed by atoms with van der Waals surface area (Å²) in [5.41, 5.74) is 8.79. The zero-order chi connectivity index (χ0) is 14.7. The van der Waals surface area contributed by atoms with E-state index >= 15 is 0 Å². The Kier molecular flexibility index (Phi) is 3.79. The van der Waals surface area contributed by atoms with Crippen molar-refractivity contribution in [2.24, 2.45) is 5.73 Å². The van der Waals surface area contributed by atoms with Gasteiger partial charge in [-0.1, -0.05) is 48.5 Å². The van der Waals surface area contributed by atoms with Crippen LogP contribution < -0.4 is 5.73 Å². The van der Waals surface area contributed by atoms with Crippen LogP contribution in [0.2, 0.25) is 0 Å². The fourth-order valence-electron chi connectivity index (χ4n) is 2.36. The van der Waals surface area contributed by atoms with E-state index < -0.39 is 0 Å². The Morgan fingerprint density at radius 3 is 2.52 bits per heavy atom. The maximum absolute atomic E-state index is 13.8. The molecule has 0 fully saturated rings. The Labute approximate surface area is 122 Å². The molecule has 3 aromatic rings. The molecule has 3 rings (SSSR count). The Balaban J connectivity index is 1.89. The summed E-state index contributed by atoms with van der Waals surface area (Å²) < 4.78 is 15.7. The molecule has 2 N–H and O–H groups in total. The van der Waals surface area contributed by atoms with E-state index in [0.717, 1.165) is 11.3 Å². The molecule has 1 unspecified atom stereocenters. The molecule has 1 aromatic heterocycles. The Morgan fingerprint density at radius 2 is 1.76 bits per heavy atom. The van der Waals surface area contributed by atoms with E-state index in [9.17, 15) is 4.39 Å². The van der Waals surface area contributed by atoms with Gasteiger partial charge in [0.25, 0.3) is 0 Å². The van der Waals surface area contributed by atoms with Gasteiger partial charge in [0, 0.05) is 5.56 Å². The van der Waals surface area contributed by atoms with Gasteiger partial charge >= 0.3 is 0 Å². The van der Waals surface area contributed by atoms with Crippen LogP contribution in [0.25, 0.3) is 0 Å². The van der Waals surface area contributed by atoms with Crippen LogP contribution in [0.5, 0.6) is 0 Å². The molecule has 21 heavy (non-hydrogen) atoms. The molecule has 0 radical (unpaired) electrons. The van der Waals surface area contributed by atoms with Crippen molar-refractivity contribution in [3.63, 3.8) is 0 Å². The van der Waals surface area contributed by atoms with Crippen molar-refractivity contribution in [3.05, 3.63) is 89.8 Å². The Morgan fingerprint density at radius 1 is 1.05 bits per heavy atom. The minimum atomic E-state index is -0.277. The highest BCUT2D eigenvalue weighted by Crippen LogP contribution is 2.20. The highest BCUT2D eigenvalue weighted by atomic mass is 19.1. The third-order valence-electron chi connectivity index (χ3n) is 3.52. The second kappa shape index (κ2) is 5.89. The van der Waals surface area contributed by atoms with Crippen LogP contribution in [0.3, 0.4) is 0 Å². The van der Waals surface area contributed by atoms with E-state index in [2.05, 4.69) is 4.98 Å². The number of nitrogens with zero attached hydrogens (tertiary/aromatic N) is 2. The lowest BCUT2D eigenvalue weighted by molar-refractivity contribution is 0.592. The van der Waals surface area contributed by atoms with Gasteiger partial charge in [-0.15, -0.1) is 0 Å². The van der Waals surface area contributed by atoms with E-state index in [-0.39, 0.29) is 11.9 Å². The van der Waals surface area contributed by atoms with Gasteiger partial charge in [0.1, 0.15) is 5.82 Å². The molecule has 0 spiro atoms. The minimum Gasteiger partial charge on any atom is -0.328 e. The van der Waals surface area contributed by atoms with Crippen molar-refractivity contribution in [1.82, 2.24) is 9.55 Å². The summed E-state index contributed by atoms with van der Waals surface area (Å²) in [5.74, 6) is -0.217. The van der Waals surface area contributed by atoms with Crippen LogP contribution >= 0.6 is 0 Å². The summed E-state index contributed by atoms with van der Waals surface area (Å²) in [7, 11) is 0. The molecular weight excluding hydrogens is 265 g/mol. The van der Waals surface area contributed by atoms with Gasteiger partial charge in [0.2, 0.25) is 0 Å². The lowest BCUT2D eigenvalue weighted by Gasteiger charge is -2.15. The largest absolute Gasteiger partial charge is 0.328 e. The van der Waals surface area contributed by atoms with Crippen LogP contribution in [-0.4, -0.2) is 9.55 Å². The second-order valence-corrected chi connectivity index (χ2v) is 4.93. The summed E-state index contributed by atoms with van der Waals surface area (Å²) in [6, 6.07) is 16.3. The SMILES string of the molecule is NC(c1ccccc1)c1cncn1Cc1ccccc1F. The average Bonchev–Trinajstić information content (AvgIpc) is 2.98. The van der Waals surface area contributed by atoms with E-state index in [0.29, 0.717) is 12.1 Å². The molecule has 0 saturated carbocycles. The fraction of sp³-hybridized carbons (Fsp3) is 0.118. The van der Waals surface area contributed by atoms with Gasteiger partial charge in [-0.2, -0.15) is 0 Å². The second-order valence-electron chi connectivity index (χ2n) is 4.93. The van der Waals surface area contributed by atoms with Gasteiger partial charge in [-0.05, 0) is 11.6 Å². The first-order chi connectivity index (χ1) is 10.3. The minimum absolute atomic E-state index is 0.217. The topological polar surface area (TPSA) is 43.8 Å². The Bertz CT molecular complexity index is 722. The normalized spacial score (nSPS) is 12.3. The van der Waals surface area contributed by atoms with Crippen LogP contribution in [-0.2, 0) is 6.54 Å². The first-order valence-electron chi connectivity index (χ1n) is 6.79. The van der Waals surface area contributed by atoms with Crippen molar-refractivity contribution in [2.75, 3.05) is 0 Å². The summed E-state index contributed by atoms with van der Waals surface area (Å²) in [6.45, 7) is 0.419. The highest BCUT2D eigenvalue weighted by Gasteiger charge is 2.14. The monoisotopic (exact) mass is 281 g/mol. The maximum Gasteiger partial charge on any atom is 0.128 e. The molecule has 1 heterocycles. The smallest absolute Gasteiger partial charge is 0.128 e. The van der Waals surface area contributed by atoms with Crippen molar-refractivity contribution in [1.29, 1.82) is 0 Å². The molecule has 0 aliphatic carbocycles. The molecule has 3 nitrogen and oxygen atoms in total. The predicted octanol–water partition coefficient (Wildman–Crippen LogP) is 3.12. The predicted molar refractivity (Wildman–Crippen MR) is 80.2 cm³/mol. The van der Waals surface area contributed by atoms with Crippen LogP contribution in [0, 0.1) is 5.82 Å². The molecule has 0 saturated heterocycles. The average molecular weight is 281 g/mol. The van der Waals surface area contributed by atoms with Gasteiger partial charge in [0.15, 0.2) is 0 Å². The van der Waals surface area contributed by atoms with E-state index in [1.807, 2.05) is 41.0 Å². The van der Waals surface area contributed by atoms with Gasteiger partial charge in [-0.25, -0.2) is 9.37 Å². The Hall–Kier alpha value is -2.46. The number of imidazole rings is 1. The molecule has 0 aliphatic rings. The fourth-order valence-corrected chi connectivity index (χ4v) is 2.36. The molecule has 1 atom stereocenters. The lowest BCUT2D eigenvalue weighted by Crippen LogP contribution is -2.17. The lowest BCUT2D eigenvalue weighted by atomic mass is 10.1. The molecule has 106 valence electrons. The van der Waals surface area contributed by atoms with Crippen molar-refractivity contribution >= 4 is 0 Å². The summed E-state index contributed by atoms with van der Waals surface area (Å²) >= 11 is 0. The quantitative estimate of drug-likeness (QED) is 0.798. The number of halogens is 1. The molecule has 0 aliphatic heterocycles. The number of nitrogens with two attached hydrogens (primary N) is 1. The molecule has 2 aromatic carbocycles. The number of benzene rings is 2. The summed E-state index contributed by atoms with van der Waals surface area (Å²) in [4.78, 5) is 4.16. The van der Waals surface area contributed by atoms with Crippen molar-refractivity contribution in [3.8, 4) is 0 Å². The first kappa shape index (κ1) is 13.5. The van der Waals surface area contributed by atoms with Crippen molar-refractivity contribution in [2.45, 2.75) is 12.6 Å². The number of hydrogen-bond donors (Lipinski definition) is 1. The molecule has 0 amide bonds. The molecule has 0 bridgehead atoms. The zero-order valence-electron chi connectivity index (χ0n) is 11.5. The zero-order valence-corrected chi connectivity index (χ0v) is 11.5. The van der Waals surface area contributed by atoms with Crippen LogP contribution in [0.15, 0.2) is 67.1 Å². The molecular formula is C17H16FN3. The van der Waals surface area contributed by atoms with E-state index in [1.54, 1.807) is 24.7 Å². The highest BCUT2D eigenvalue weighted by molar-refractivity contribution is 5.27. The third kappa shape index (κ3) is 2.85. The van der Waals surface area contributed by atoms with Crippen molar-refractivity contribution < 1.29 is 4.39 Å². The number of aromatic nitrogens is 2. The van der Waals surface area contributed by atoms with Gasteiger partial charge in [-0.3, -0.25) is 0 Å². The first-order valence-corrected chi connectivity index (χ1v) is 6.79. The van der Waals surface area contributed by atoms with Gasteiger partial charge < -0.3 is 10.3 Å². The van der Waals surface area contributed by atoms with Crippen LogP contribution in [0.4, 0.5) is 4.39 Å². The van der Waals surface area contributed by atoms with Crippen LogP contribution in [0.1, 0.15) is 22.9 Å². The maximum atomic E-state index is 13.8. The number of rotatable bonds is 4. The van der Waals surface area contributed by atoms with E-state index in [4.69, 9.17) is 5.73 Å². The third-order valence-corrected chi connectivity index (χ3v) is 3.52. The molecule has 4 heteroatoms. The summed E-state index contributed by atoms with van der Waals surface area (Å²) in [5, 5.41) is 0. The number of hydrogen-bond acceptors (Lipinski definition) is 2. The van der Waals surface area contributed by atoms with Gasteiger partial charge in [0.05, 0.1) is 30.8 Å². The summed E-state index contributed by atoms with van der Waals surface area (Å²) in [6.07, 6.45) is 3.42. The standard InChI is InChI=1S/C17H16FN3/c18-15-9-5-4-8-14(15)11-21-12-20-10-16(21)17(19)13-6-2-1-3-7-13/h1-10,12,17H,11,19H2. The van der Waals surface area contributed by atoms with E-state index in [1.165, 1.54) is 6.07 Å².